The number of carbonyl (C=O) groups excluding carboxylic acids is 2. The van der Waals surface area contributed by atoms with E-state index in [2.05, 4.69) is 0 Å². The zero-order valence-electron chi connectivity index (χ0n) is 13.2. The van der Waals surface area contributed by atoms with Gasteiger partial charge in [-0.2, -0.15) is 0 Å². The average molecular weight is 313 g/mol. The highest BCUT2D eigenvalue weighted by Gasteiger charge is 2.51. The third-order valence-corrected chi connectivity index (χ3v) is 4.00. The molecule has 0 bridgehead atoms. The first-order valence-electron chi connectivity index (χ1n) is 7.64. The molecule has 0 saturated carbocycles. The SMILES string of the molecule is CC(C)CN1C(=O)[C@@](O)(CC(=O)c2ccco2)c2ccccc21. The van der Waals surface area contributed by atoms with E-state index in [1.54, 1.807) is 29.2 Å². The maximum absolute atomic E-state index is 12.8. The van der Waals surface area contributed by atoms with Gasteiger partial charge in [0.05, 0.1) is 18.4 Å². The molecule has 2 aromatic rings. The highest BCUT2D eigenvalue weighted by atomic mass is 16.3. The number of carbonyl (C=O) groups is 2. The molecule has 0 fully saturated rings. The lowest BCUT2D eigenvalue weighted by Gasteiger charge is -2.23. The van der Waals surface area contributed by atoms with Crippen LogP contribution in [0.2, 0.25) is 0 Å². The van der Waals surface area contributed by atoms with Crippen molar-refractivity contribution in [2.45, 2.75) is 25.9 Å². The molecular formula is C18H19NO4. The molecule has 3 rings (SSSR count). The number of ketones is 1. The molecule has 1 amide bonds. The predicted octanol–water partition coefficient (Wildman–Crippen LogP) is 2.74. The number of rotatable bonds is 5. The van der Waals surface area contributed by atoms with Crippen molar-refractivity contribution in [2.24, 2.45) is 5.92 Å². The van der Waals surface area contributed by atoms with Crippen molar-refractivity contribution in [3.8, 4) is 0 Å². The minimum absolute atomic E-state index is 0.144. The van der Waals surface area contributed by atoms with Crippen molar-refractivity contribution >= 4 is 17.4 Å². The molecule has 1 aliphatic rings. The topological polar surface area (TPSA) is 70.8 Å². The zero-order valence-corrected chi connectivity index (χ0v) is 13.2. The lowest BCUT2D eigenvalue weighted by atomic mass is 9.89. The average Bonchev–Trinajstić information content (AvgIpc) is 3.11. The van der Waals surface area contributed by atoms with Gasteiger partial charge in [-0.3, -0.25) is 9.59 Å². The van der Waals surface area contributed by atoms with E-state index in [4.69, 9.17) is 4.42 Å². The number of amides is 1. The Balaban J connectivity index is 1.98. The van der Waals surface area contributed by atoms with Gasteiger partial charge in [0, 0.05) is 12.1 Å². The normalized spacial score (nSPS) is 20.2. The fraction of sp³-hybridized carbons (Fsp3) is 0.333. The molecule has 23 heavy (non-hydrogen) atoms. The Morgan fingerprint density at radius 2 is 2.00 bits per heavy atom. The number of nitrogens with zero attached hydrogens (tertiary/aromatic N) is 1. The van der Waals surface area contributed by atoms with Crippen LogP contribution in [-0.2, 0) is 10.4 Å². The van der Waals surface area contributed by atoms with Gasteiger partial charge < -0.3 is 14.4 Å². The number of aliphatic hydroxyl groups is 1. The van der Waals surface area contributed by atoms with Gasteiger partial charge in [0.25, 0.3) is 5.91 Å². The van der Waals surface area contributed by atoms with E-state index in [1.165, 1.54) is 12.3 Å². The van der Waals surface area contributed by atoms with Crippen LogP contribution in [0.15, 0.2) is 47.1 Å². The highest BCUT2D eigenvalue weighted by Crippen LogP contribution is 2.43. The van der Waals surface area contributed by atoms with E-state index < -0.39 is 17.3 Å². The van der Waals surface area contributed by atoms with Crippen LogP contribution in [-0.4, -0.2) is 23.3 Å². The molecular weight excluding hydrogens is 294 g/mol. The summed E-state index contributed by atoms with van der Waals surface area (Å²) in [4.78, 5) is 26.7. The van der Waals surface area contributed by atoms with Gasteiger partial charge in [-0.05, 0) is 24.1 Å². The molecule has 0 aliphatic carbocycles. The molecule has 0 spiro atoms. The van der Waals surface area contributed by atoms with Crippen LogP contribution >= 0.6 is 0 Å². The van der Waals surface area contributed by atoms with Gasteiger partial charge in [0.15, 0.2) is 11.4 Å². The Kier molecular flexibility index (Phi) is 3.82. The second-order valence-corrected chi connectivity index (χ2v) is 6.26. The molecule has 1 aromatic carbocycles. The third-order valence-electron chi connectivity index (χ3n) is 4.00. The molecule has 1 atom stereocenters. The number of fused-ring (bicyclic) bond motifs is 1. The Morgan fingerprint density at radius 1 is 1.26 bits per heavy atom. The van der Waals surface area contributed by atoms with Gasteiger partial charge in [-0.15, -0.1) is 0 Å². The second-order valence-electron chi connectivity index (χ2n) is 6.26. The van der Waals surface area contributed by atoms with E-state index in [1.807, 2.05) is 19.9 Å². The third kappa shape index (κ3) is 2.57. The summed E-state index contributed by atoms with van der Waals surface area (Å²) in [5.74, 6) is -0.458. The number of para-hydroxylation sites is 1. The Hall–Kier alpha value is -2.40. The van der Waals surface area contributed by atoms with Crippen molar-refractivity contribution < 1.29 is 19.1 Å². The van der Waals surface area contributed by atoms with E-state index in [-0.39, 0.29) is 18.1 Å². The Labute approximate surface area is 134 Å². The first-order valence-corrected chi connectivity index (χ1v) is 7.64. The van der Waals surface area contributed by atoms with Gasteiger partial charge >= 0.3 is 0 Å². The fourth-order valence-electron chi connectivity index (χ4n) is 2.98. The van der Waals surface area contributed by atoms with Crippen molar-refractivity contribution in [1.82, 2.24) is 0 Å². The number of furan rings is 1. The van der Waals surface area contributed by atoms with Gasteiger partial charge in [-0.1, -0.05) is 32.0 Å². The molecule has 2 heterocycles. The van der Waals surface area contributed by atoms with Crippen molar-refractivity contribution in [3.63, 3.8) is 0 Å². The molecule has 1 aliphatic heterocycles. The standard InChI is InChI=1S/C18H19NO4/c1-12(2)11-19-14-7-4-3-6-13(14)18(22,17(19)21)10-15(20)16-8-5-9-23-16/h3-9,12,22H,10-11H2,1-2H3/t18-/m1/s1. The van der Waals surface area contributed by atoms with E-state index in [0.29, 0.717) is 17.8 Å². The monoisotopic (exact) mass is 313 g/mol. The Morgan fingerprint density at radius 3 is 2.65 bits per heavy atom. The zero-order chi connectivity index (χ0) is 16.6. The van der Waals surface area contributed by atoms with Crippen molar-refractivity contribution in [1.29, 1.82) is 0 Å². The molecule has 0 saturated heterocycles. The van der Waals surface area contributed by atoms with Gasteiger partial charge in [-0.25, -0.2) is 0 Å². The molecule has 5 heteroatoms. The van der Waals surface area contributed by atoms with Crippen LogP contribution in [0, 0.1) is 5.92 Å². The molecule has 0 radical (unpaired) electrons. The van der Waals surface area contributed by atoms with Crippen molar-refractivity contribution in [2.75, 3.05) is 11.4 Å². The number of anilines is 1. The van der Waals surface area contributed by atoms with Crippen LogP contribution in [0.25, 0.3) is 0 Å². The lowest BCUT2D eigenvalue weighted by Crippen LogP contribution is -2.43. The van der Waals surface area contributed by atoms with E-state index >= 15 is 0 Å². The largest absolute Gasteiger partial charge is 0.461 e. The maximum atomic E-state index is 12.8. The molecule has 5 nitrogen and oxygen atoms in total. The van der Waals surface area contributed by atoms with Crippen LogP contribution in [0.4, 0.5) is 5.69 Å². The summed E-state index contributed by atoms with van der Waals surface area (Å²) in [6.07, 6.45) is 1.07. The quantitative estimate of drug-likeness (QED) is 0.862. The van der Waals surface area contributed by atoms with E-state index in [0.717, 1.165) is 0 Å². The summed E-state index contributed by atoms with van der Waals surface area (Å²) in [5.41, 5.74) is -0.693. The summed E-state index contributed by atoms with van der Waals surface area (Å²) < 4.78 is 5.08. The van der Waals surface area contributed by atoms with Crippen LogP contribution in [0.5, 0.6) is 0 Å². The lowest BCUT2D eigenvalue weighted by molar-refractivity contribution is -0.136. The number of hydrogen-bond acceptors (Lipinski definition) is 4. The first kappa shape index (κ1) is 15.5. The van der Waals surface area contributed by atoms with E-state index in [9.17, 15) is 14.7 Å². The summed E-state index contributed by atoms with van der Waals surface area (Å²) in [6.45, 7) is 4.50. The van der Waals surface area contributed by atoms with Crippen LogP contribution in [0.1, 0.15) is 36.4 Å². The molecule has 1 aromatic heterocycles. The van der Waals surface area contributed by atoms with Gasteiger partial charge in [0.1, 0.15) is 0 Å². The van der Waals surface area contributed by atoms with Crippen molar-refractivity contribution in [3.05, 3.63) is 54.0 Å². The first-order chi connectivity index (χ1) is 10.9. The summed E-state index contributed by atoms with van der Waals surface area (Å²) in [5, 5.41) is 11.0. The van der Waals surface area contributed by atoms with Gasteiger partial charge in [0.2, 0.25) is 5.78 Å². The minimum Gasteiger partial charge on any atom is -0.461 e. The summed E-state index contributed by atoms with van der Waals surface area (Å²) >= 11 is 0. The number of benzene rings is 1. The highest BCUT2D eigenvalue weighted by molar-refractivity contribution is 6.10. The van der Waals surface area contributed by atoms with Crippen LogP contribution < -0.4 is 4.90 Å². The number of hydrogen-bond donors (Lipinski definition) is 1. The summed E-state index contributed by atoms with van der Waals surface area (Å²) in [6, 6.07) is 10.2. The smallest absolute Gasteiger partial charge is 0.264 e. The fourth-order valence-corrected chi connectivity index (χ4v) is 2.98. The number of Topliss-reactive ketones (excluding diaryl/α,β-unsaturated/α-hetero) is 1. The molecule has 120 valence electrons. The molecule has 0 unspecified atom stereocenters. The molecule has 1 N–H and O–H groups in total. The summed E-state index contributed by atoms with van der Waals surface area (Å²) in [7, 11) is 0. The minimum atomic E-state index is -1.84. The van der Waals surface area contributed by atoms with Crippen LogP contribution in [0.3, 0.4) is 0 Å². The Bertz CT molecular complexity index is 735. The second kappa shape index (κ2) is 5.66. The maximum Gasteiger partial charge on any atom is 0.264 e. The predicted molar refractivity (Wildman–Crippen MR) is 85.2 cm³/mol.